The van der Waals surface area contributed by atoms with Crippen molar-refractivity contribution in [3.63, 3.8) is 0 Å². The number of hydrogen-bond donors (Lipinski definition) is 0. The molecule has 122 valence electrons. The molecule has 1 atom stereocenters. The van der Waals surface area contributed by atoms with E-state index in [1.54, 1.807) is 12.4 Å². The van der Waals surface area contributed by atoms with E-state index in [0.717, 1.165) is 37.5 Å². The fraction of sp³-hybridized carbons (Fsp3) is 0.316. The van der Waals surface area contributed by atoms with E-state index >= 15 is 0 Å². The normalized spacial score (nSPS) is 18.1. The summed E-state index contributed by atoms with van der Waals surface area (Å²) in [7, 11) is 0. The molecule has 0 amide bonds. The van der Waals surface area contributed by atoms with E-state index in [9.17, 15) is 0 Å². The minimum absolute atomic E-state index is 0.317. The van der Waals surface area contributed by atoms with Gasteiger partial charge in [-0.3, -0.25) is 9.88 Å². The number of nitrogens with zero attached hydrogens (tertiary/aromatic N) is 4. The molecule has 2 aromatic heterocycles. The van der Waals surface area contributed by atoms with Crippen molar-refractivity contribution in [3.05, 3.63) is 65.8 Å². The average molecular weight is 320 g/mol. The first-order valence-corrected chi connectivity index (χ1v) is 8.30. The molecule has 0 spiro atoms. The summed E-state index contributed by atoms with van der Waals surface area (Å²) in [4.78, 5) is 11.1. The lowest BCUT2D eigenvalue weighted by Crippen LogP contribution is -2.20. The molecular formula is C19H20N4O. The van der Waals surface area contributed by atoms with Crippen LogP contribution >= 0.6 is 0 Å². The fourth-order valence-electron chi connectivity index (χ4n) is 3.23. The Morgan fingerprint density at radius 3 is 2.83 bits per heavy atom. The first-order chi connectivity index (χ1) is 11.8. The second kappa shape index (κ2) is 6.53. The zero-order chi connectivity index (χ0) is 16.4. The van der Waals surface area contributed by atoms with Gasteiger partial charge in [-0.2, -0.15) is 4.98 Å². The van der Waals surface area contributed by atoms with Crippen LogP contribution in [0.5, 0.6) is 0 Å². The summed E-state index contributed by atoms with van der Waals surface area (Å²) in [6.45, 7) is 5.18. The number of aryl methyl sites for hydroxylation is 1. The Hall–Kier alpha value is -2.53. The Balaban J connectivity index is 1.44. The maximum absolute atomic E-state index is 5.52. The van der Waals surface area contributed by atoms with Crippen molar-refractivity contribution in [1.82, 2.24) is 20.0 Å². The molecule has 0 unspecified atom stereocenters. The number of pyridine rings is 1. The molecule has 3 heterocycles. The van der Waals surface area contributed by atoms with Gasteiger partial charge in [-0.05, 0) is 43.1 Å². The van der Waals surface area contributed by atoms with E-state index in [1.165, 1.54) is 11.1 Å². The van der Waals surface area contributed by atoms with Gasteiger partial charge >= 0.3 is 0 Å². The van der Waals surface area contributed by atoms with Gasteiger partial charge in [-0.1, -0.05) is 29.4 Å². The molecule has 4 rings (SSSR count). The molecule has 0 N–H and O–H groups in total. The van der Waals surface area contributed by atoms with Crippen LogP contribution in [0.15, 0.2) is 53.3 Å². The van der Waals surface area contributed by atoms with Crippen molar-refractivity contribution in [2.75, 3.05) is 13.1 Å². The zero-order valence-corrected chi connectivity index (χ0v) is 13.7. The van der Waals surface area contributed by atoms with Crippen molar-refractivity contribution in [2.24, 2.45) is 0 Å². The molecule has 0 bridgehead atoms. The smallest absolute Gasteiger partial charge is 0.231 e. The van der Waals surface area contributed by atoms with Gasteiger partial charge in [0.05, 0.1) is 5.92 Å². The van der Waals surface area contributed by atoms with Gasteiger partial charge in [0.25, 0.3) is 0 Å². The lowest BCUT2D eigenvalue weighted by molar-refractivity contribution is 0.309. The van der Waals surface area contributed by atoms with E-state index in [2.05, 4.69) is 51.2 Å². The van der Waals surface area contributed by atoms with Crippen LogP contribution in [0.2, 0.25) is 0 Å². The summed E-state index contributed by atoms with van der Waals surface area (Å²) < 4.78 is 5.52. The van der Waals surface area contributed by atoms with Crippen molar-refractivity contribution in [3.8, 4) is 11.4 Å². The SMILES string of the molecule is Cc1ccccc1CN1CC[C@H](c2nc(-c3ccncc3)no2)C1. The second-order valence-corrected chi connectivity index (χ2v) is 6.34. The van der Waals surface area contributed by atoms with E-state index < -0.39 is 0 Å². The predicted octanol–water partition coefficient (Wildman–Crippen LogP) is 3.43. The zero-order valence-electron chi connectivity index (χ0n) is 13.7. The maximum atomic E-state index is 5.52. The van der Waals surface area contributed by atoms with Crippen molar-refractivity contribution in [1.29, 1.82) is 0 Å². The third kappa shape index (κ3) is 3.08. The van der Waals surface area contributed by atoms with Crippen LogP contribution in [0.3, 0.4) is 0 Å². The van der Waals surface area contributed by atoms with Crippen LogP contribution in [-0.4, -0.2) is 33.1 Å². The van der Waals surface area contributed by atoms with E-state index in [1.807, 2.05) is 12.1 Å². The lowest BCUT2D eigenvalue weighted by atomic mass is 10.1. The highest BCUT2D eigenvalue weighted by Crippen LogP contribution is 2.28. The predicted molar refractivity (Wildman–Crippen MR) is 91.3 cm³/mol. The highest BCUT2D eigenvalue weighted by Gasteiger charge is 2.28. The Labute approximate surface area is 141 Å². The molecule has 1 aliphatic rings. The van der Waals surface area contributed by atoms with Crippen molar-refractivity contribution in [2.45, 2.75) is 25.8 Å². The van der Waals surface area contributed by atoms with Gasteiger partial charge in [0, 0.05) is 31.0 Å². The van der Waals surface area contributed by atoms with Crippen LogP contribution in [-0.2, 0) is 6.54 Å². The van der Waals surface area contributed by atoms with Crippen molar-refractivity contribution >= 4 is 0 Å². The molecular weight excluding hydrogens is 300 g/mol. The van der Waals surface area contributed by atoms with E-state index in [0.29, 0.717) is 11.7 Å². The largest absolute Gasteiger partial charge is 0.339 e. The highest BCUT2D eigenvalue weighted by atomic mass is 16.5. The van der Waals surface area contributed by atoms with Gasteiger partial charge in [0.1, 0.15) is 0 Å². The molecule has 5 nitrogen and oxygen atoms in total. The maximum Gasteiger partial charge on any atom is 0.231 e. The topological polar surface area (TPSA) is 55.1 Å². The number of benzene rings is 1. The van der Waals surface area contributed by atoms with Crippen LogP contribution in [0.25, 0.3) is 11.4 Å². The van der Waals surface area contributed by atoms with Gasteiger partial charge in [-0.25, -0.2) is 0 Å². The number of rotatable bonds is 4. The summed E-state index contributed by atoms with van der Waals surface area (Å²) >= 11 is 0. The fourth-order valence-corrected chi connectivity index (χ4v) is 3.23. The number of aromatic nitrogens is 3. The number of hydrogen-bond acceptors (Lipinski definition) is 5. The minimum atomic E-state index is 0.317. The molecule has 0 aliphatic carbocycles. The monoisotopic (exact) mass is 320 g/mol. The molecule has 5 heteroatoms. The molecule has 0 saturated carbocycles. The first kappa shape index (κ1) is 15.0. The third-order valence-electron chi connectivity index (χ3n) is 4.66. The molecule has 1 aromatic carbocycles. The standard InChI is InChI=1S/C19H20N4O/c1-14-4-2-3-5-16(14)12-23-11-8-17(13-23)19-21-18(22-24-19)15-6-9-20-10-7-15/h2-7,9-10,17H,8,11-13H2,1H3/t17-/m0/s1. The Bertz CT molecular complexity index is 815. The van der Waals surface area contributed by atoms with E-state index in [4.69, 9.17) is 4.52 Å². The second-order valence-electron chi connectivity index (χ2n) is 6.34. The third-order valence-corrected chi connectivity index (χ3v) is 4.66. The Morgan fingerprint density at radius 1 is 1.17 bits per heavy atom. The van der Waals surface area contributed by atoms with Crippen LogP contribution < -0.4 is 0 Å². The lowest BCUT2D eigenvalue weighted by Gasteiger charge is -2.16. The minimum Gasteiger partial charge on any atom is -0.339 e. The molecule has 1 fully saturated rings. The van der Waals surface area contributed by atoms with Crippen LogP contribution in [0.4, 0.5) is 0 Å². The summed E-state index contributed by atoms with van der Waals surface area (Å²) in [5.74, 6) is 1.70. The van der Waals surface area contributed by atoms with Gasteiger partial charge in [0.2, 0.25) is 11.7 Å². The molecule has 3 aromatic rings. The van der Waals surface area contributed by atoms with Gasteiger partial charge < -0.3 is 4.52 Å². The Kier molecular flexibility index (Phi) is 4.09. The van der Waals surface area contributed by atoms with Gasteiger partial charge in [-0.15, -0.1) is 0 Å². The highest BCUT2D eigenvalue weighted by molar-refractivity contribution is 5.52. The number of likely N-dealkylation sites (tertiary alicyclic amines) is 1. The molecule has 24 heavy (non-hydrogen) atoms. The van der Waals surface area contributed by atoms with Crippen molar-refractivity contribution < 1.29 is 4.52 Å². The van der Waals surface area contributed by atoms with Crippen LogP contribution in [0.1, 0.15) is 29.4 Å². The van der Waals surface area contributed by atoms with E-state index in [-0.39, 0.29) is 0 Å². The van der Waals surface area contributed by atoms with Crippen LogP contribution in [0, 0.1) is 6.92 Å². The average Bonchev–Trinajstić information content (AvgIpc) is 3.27. The summed E-state index contributed by atoms with van der Waals surface area (Å²) in [5.41, 5.74) is 3.68. The molecule has 0 radical (unpaired) electrons. The summed E-state index contributed by atoms with van der Waals surface area (Å²) in [6.07, 6.45) is 4.54. The molecule has 1 saturated heterocycles. The quantitative estimate of drug-likeness (QED) is 0.737. The molecule has 1 aliphatic heterocycles. The summed E-state index contributed by atoms with van der Waals surface area (Å²) in [5, 5.41) is 4.12. The first-order valence-electron chi connectivity index (χ1n) is 8.30. The van der Waals surface area contributed by atoms with Gasteiger partial charge in [0.15, 0.2) is 0 Å². The Morgan fingerprint density at radius 2 is 2.00 bits per heavy atom. The summed E-state index contributed by atoms with van der Waals surface area (Å²) in [6, 6.07) is 12.4.